The number of carbonyl (C=O) groups is 2. The van der Waals surface area contributed by atoms with Gasteiger partial charge in [0.25, 0.3) is 0 Å². The summed E-state index contributed by atoms with van der Waals surface area (Å²) in [5.74, 6) is 1.34. The van der Waals surface area contributed by atoms with Crippen molar-refractivity contribution in [2.75, 3.05) is 19.6 Å². The molecule has 0 unspecified atom stereocenters. The van der Waals surface area contributed by atoms with Gasteiger partial charge in [-0.05, 0) is 47.8 Å². The fourth-order valence-corrected chi connectivity index (χ4v) is 4.29. The normalized spacial score (nSPS) is 12.6. The van der Waals surface area contributed by atoms with Crippen LogP contribution in [0.1, 0.15) is 65.7 Å². The number of rotatable bonds is 12. The van der Waals surface area contributed by atoms with Crippen molar-refractivity contribution >= 4 is 11.8 Å². The van der Waals surface area contributed by atoms with E-state index < -0.39 is 0 Å². The van der Waals surface area contributed by atoms with E-state index in [2.05, 4.69) is 53.7 Å². The molecule has 1 aromatic carbocycles. The fraction of sp³-hybridized carbons (Fsp3) is 0.571. The number of hydrogen-bond acceptors (Lipinski definition) is 3. The second kappa shape index (κ2) is 12.6. The van der Waals surface area contributed by atoms with Gasteiger partial charge in [-0.3, -0.25) is 9.59 Å². The molecule has 33 heavy (non-hydrogen) atoms. The Labute approximate surface area is 200 Å². The van der Waals surface area contributed by atoms with Gasteiger partial charge < -0.3 is 14.2 Å². The number of benzene rings is 1. The van der Waals surface area contributed by atoms with E-state index in [0.717, 1.165) is 18.6 Å². The minimum atomic E-state index is -0.0418. The maximum absolute atomic E-state index is 13.4. The highest BCUT2D eigenvalue weighted by atomic mass is 16.3. The van der Waals surface area contributed by atoms with Crippen molar-refractivity contribution in [1.29, 1.82) is 0 Å². The van der Waals surface area contributed by atoms with Crippen LogP contribution >= 0.6 is 0 Å². The first-order chi connectivity index (χ1) is 15.5. The number of carbonyl (C=O) groups excluding carboxylic acids is 2. The van der Waals surface area contributed by atoms with Crippen LogP contribution in [0.2, 0.25) is 0 Å². The molecule has 5 nitrogen and oxygen atoms in total. The zero-order valence-electron chi connectivity index (χ0n) is 21.3. The predicted molar refractivity (Wildman–Crippen MR) is 134 cm³/mol. The van der Waals surface area contributed by atoms with Gasteiger partial charge in [0.05, 0.1) is 19.4 Å². The standard InChI is InChI=1S/C28H42N2O3/c1-22(2)19-30(26(31)17-23(3)18-28(4,5)6)21-27(32)29(20-25-13-10-16-33-25)15-14-24-11-8-7-9-12-24/h7-13,16,22-23H,14-15,17-21H2,1-6H3/t23-/m1/s1. The van der Waals surface area contributed by atoms with Gasteiger partial charge in [-0.15, -0.1) is 0 Å². The van der Waals surface area contributed by atoms with E-state index in [1.54, 1.807) is 11.2 Å². The maximum atomic E-state index is 13.4. The lowest BCUT2D eigenvalue weighted by Gasteiger charge is -2.30. The van der Waals surface area contributed by atoms with E-state index in [1.165, 1.54) is 5.56 Å². The van der Waals surface area contributed by atoms with Gasteiger partial charge >= 0.3 is 0 Å². The molecule has 0 bridgehead atoms. The zero-order valence-corrected chi connectivity index (χ0v) is 21.3. The Morgan fingerprint density at radius 1 is 0.939 bits per heavy atom. The second-order valence-electron chi connectivity index (χ2n) is 10.9. The Kier molecular flexibility index (Phi) is 10.2. The summed E-state index contributed by atoms with van der Waals surface area (Å²) >= 11 is 0. The lowest BCUT2D eigenvalue weighted by Crippen LogP contribution is -2.45. The van der Waals surface area contributed by atoms with Gasteiger partial charge in [0, 0.05) is 19.5 Å². The van der Waals surface area contributed by atoms with Crippen molar-refractivity contribution < 1.29 is 14.0 Å². The Hall–Kier alpha value is -2.56. The van der Waals surface area contributed by atoms with Crippen molar-refractivity contribution in [2.45, 2.75) is 67.3 Å². The van der Waals surface area contributed by atoms with Crippen molar-refractivity contribution in [2.24, 2.45) is 17.3 Å². The SMILES string of the molecule is CC(C)CN(CC(=O)N(CCc1ccccc1)Cc1ccco1)C(=O)C[C@@H](C)CC(C)(C)C. The summed E-state index contributed by atoms with van der Waals surface area (Å²) in [5.41, 5.74) is 1.36. The van der Waals surface area contributed by atoms with Crippen molar-refractivity contribution in [3.63, 3.8) is 0 Å². The summed E-state index contributed by atoms with van der Waals surface area (Å²) in [7, 11) is 0. The van der Waals surface area contributed by atoms with E-state index in [9.17, 15) is 9.59 Å². The van der Waals surface area contributed by atoms with E-state index in [1.807, 2.05) is 35.2 Å². The van der Waals surface area contributed by atoms with Crippen LogP contribution in [0, 0.1) is 17.3 Å². The summed E-state index contributed by atoms with van der Waals surface area (Å²) in [4.78, 5) is 30.1. The van der Waals surface area contributed by atoms with E-state index in [0.29, 0.717) is 32.0 Å². The van der Waals surface area contributed by atoms with Crippen LogP contribution in [-0.2, 0) is 22.6 Å². The van der Waals surface area contributed by atoms with E-state index in [-0.39, 0.29) is 29.7 Å². The molecule has 1 aromatic heterocycles. The maximum Gasteiger partial charge on any atom is 0.242 e. The molecule has 1 atom stereocenters. The van der Waals surface area contributed by atoms with Gasteiger partial charge in [0.2, 0.25) is 11.8 Å². The Morgan fingerprint density at radius 3 is 2.21 bits per heavy atom. The molecule has 2 aromatic rings. The van der Waals surface area contributed by atoms with Gasteiger partial charge in [-0.25, -0.2) is 0 Å². The predicted octanol–water partition coefficient (Wildman–Crippen LogP) is 5.80. The highest BCUT2D eigenvalue weighted by molar-refractivity contribution is 5.85. The fourth-order valence-electron chi connectivity index (χ4n) is 4.29. The van der Waals surface area contributed by atoms with Crippen molar-refractivity contribution in [3.8, 4) is 0 Å². The van der Waals surface area contributed by atoms with Gasteiger partial charge in [-0.2, -0.15) is 0 Å². The van der Waals surface area contributed by atoms with Crippen LogP contribution in [-0.4, -0.2) is 41.2 Å². The molecular weight excluding hydrogens is 412 g/mol. The largest absolute Gasteiger partial charge is 0.467 e. The quantitative estimate of drug-likeness (QED) is 0.407. The molecule has 0 aliphatic rings. The van der Waals surface area contributed by atoms with Crippen LogP contribution < -0.4 is 0 Å². The van der Waals surface area contributed by atoms with E-state index in [4.69, 9.17) is 4.42 Å². The summed E-state index contributed by atoms with van der Waals surface area (Å²) in [6.07, 6.45) is 3.83. The van der Waals surface area contributed by atoms with Crippen molar-refractivity contribution in [1.82, 2.24) is 9.80 Å². The zero-order chi connectivity index (χ0) is 24.4. The molecule has 0 N–H and O–H groups in total. The van der Waals surface area contributed by atoms with Crippen LogP contribution in [0.3, 0.4) is 0 Å². The highest BCUT2D eigenvalue weighted by Gasteiger charge is 2.25. The van der Waals surface area contributed by atoms with Gasteiger partial charge in [0.15, 0.2) is 0 Å². The Balaban J connectivity index is 2.09. The molecule has 2 amide bonds. The Morgan fingerprint density at radius 2 is 1.64 bits per heavy atom. The first-order valence-corrected chi connectivity index (χ1v) is 12.2. The molecule has 182 valence electrons. The Bertz CT molecular complexity index is 838. The molecule has 5 heteroatoms. The monoisotopic (exact) mass is 454 g/mol. The molecule has 0 saturated heterocycles. The van der Waals surface area contributed by atoms with Gasteiger partial charge in [-0.1, -0.05) is 71.9 Å². The minimum absolute atomic E-state index is 0.0418. The number of hydrogen-bond donors (Lipinski definition) is 0. The molecular formula is C28H42N2O3. The average Bonchev–Trinajstić information content (AvgIpc) is 3.22. The number of furan rings is 1. The third-order valence-electron chi connectivity index (χ3n) is 5.54. The lowest BCUT2D eigenvalue weighted by atomic mass is 9.84. The van der Waals surface area contributed by atoms with Crippen molar-refractivity contribution in [3.05, 3.63) is 60.1 Å². The van der Waals surface area contributed by atoms with Crippen LogP contribution in [0.25, 0.3) is 0 Å². The molecule has 0 aliphatic carbocycles. The molecule has 2 rings (SSSR count). The average molecular weight is 455 g/mol. The molecule has 1 heterocycles. The lowest BCUT2D eigenvalue weighted by molar-refractivity contribution is -0.142. The van der Waals surface area contributed by atoms with Gasteiger partial charge in [0.1, 0.15) is 5.76 Å². The highest BCUT2D eigenvalue weighted by Crippen LogP contribution is 2.26. The summed E-state index contributed by atoms with van der Waals surface area (Å²) in [6.45, 7) is 14.6. The first-order valence-electron chi connectivity index (χ1n) is 12.2. The third-order valence-corrected chi connectivity index (χ3v) is 5.54. The van der Waals surface area contributed by atoms with Crippen LogP contribution in [0.4, 0.5) is 0 Å². The number of nitrogens with zero attached hydrogens (tertiary/aromatic N) is 2. The molecule has 0 fully saturated rings. The minimum Gasteiger partial charge on any atom is -0.467 e. The molecule has 0 saturated carbocycles. The summed E-state index contributed by atoms with van der Waals surface area (Å²) in [5, 5.41) is 0. The topological polar surface area (TPSA) is 53.8 Å². The van der Waals surface area contributed by atoms with Crippen LogP contribution in [0.5, 0.6) is 0 Å². The summed E-state index contributed by atoms with van der Waals surface area (Å²) < 4.78 is 5.51. The molecule has 0 aliphatic heterocycles. The van der Waals surface area contributed by atoms with Crippen LogP contribution in [0.15, 0.2) is 53.1 Å². The van der Waals surface area contributed by atoms with E-state index >= 15 is 0 Å². The third kappa shape index (κ3) is 10.3. The summed E-state index contributed by atoms with van der Waals surface area (Å²) in [6, 6.07) is 13.9. The second-order valence-corrected chi connectivity index (χ2v) is 10.9. The number of amides is 2. The molecule has 0 spiro atoms. The first kappa shape index (κ1) is 26.7. The smallest absolute Gasteiger partial charge is 0.242 e. The molecule has 0 radical (unpaired) electrons.